The van der Waals surface area contributed by atoms with Gasteiger partial charge < -0.3 is 10.2 Å². The summed E-state index contributed by atoms with van der Waals surface area (Å²) < 4.78 is 14.0. The summed E-state index contributed by atoms with van der Waals surface area (Å²) >= 11 is 1.57. The molecule has 0 atom stereocenters. The number of benzene rings is 1. The first kappa shape index (κ1) is 17.6. The topological polar surface area (TPSA) is 58.1 Å². The lowest BCUT2D eigenvalue weighted by molar-refractivity contribution is 0.194. The molecule has 0 bridgehead atoms. The molecule has 0 saturated carbocycles. The second kappa shape index (κ2) is 7.84. The molecule has 0 aliphatic carbocycles. The van der Waals surface area contributed by atoms with Crippen molar-refractivity contribution in [3.05, 3.63) is 65.0 Å². The van der Waals surface area contributed by atoms with Gasteiger partial charge in [-0.15, -0.1) is 11.3 Å². The molecule has 4 rings (SSSR count). The zero-order valence-corrected chi connectivity index (χ0v) is 15.5. The van der Waals surface area contributed by atoms with Gasteiger partial charge in [-0.25, -0.2) is 14.2 Å². The van der Waals surface area contributed by atoms with E-state index in [9.17, 15) is 9.18 Å². The van der Waals surface area contributed by atoms with E-state index in [-0.39, 0.29) is 11.8 Å². The largest absolute Gasteiger partial charge is 0.324 e. The molecule has 1 aliphatic heterocycles. The molecule has 1 fully saturated rings. The first-order chi connectivity index (χ1) is 13.2. The molecule has 1 N–H and O–H groups in total. The third-order valence-electron chi connectivity index (χ3n) is 4.72. The lowest BCUT2D eigenvalue weighted by atomic mass is 9.98. The Labute approximate surface area is 160 Å². The molecule has 0 radical (unpaired) electrons. The quantitative estimate of drug-likeness (QED) is 0.711. The summed E-state index contributed by atoms with van der Waals surface area (Å²) in [4.78, 5) is 22.8. The van der Waals surface area contributed by atoms with Crippen LogP contribution in [0.4, 0.5) is 14.9 Å². The Kier molecular flexibility index (Phi) is 5.11. The second-order valence-electron chi connectivity index (χ2n) is 6.48. The maximum Gasteiger partial charge on any atom is 0.321 e. The number of piperidine rings is 1. The number of pyridine rings is 1. The Hall–Kier alpha value is -2.80. The number of carbonyl (C=O) groups excluding carboxylic acids is 1. The zero-order chi connectivity index (χ0) is 18.6. The number of thiazole rings is 1. The minimum atomic E-state index is -0.253. The summed E-state index contributed by atoms with van der Waals surface area (Å²) in [6.07, 6.45) is 5.00. The minimum absolute atomic E-state index is 0.104. The van der Waals surface area contributed by atoms with Crippen LogP contribution in [0.5, 0.6) is 0 Å². The fourth-order valence-electron chi connectivity index (χ4n) is 3.24. The predicted octanol–water partition coefficient (Wildman–Crippen LogP) is 4.76. The van der Waals surface area contributed by atoms with Crippen molar-refractivity contribution in [2.75, 3.05) is 18.4 Å². The molecule has 1 saturated heterocycles. The van der Waals surface area contributed by atoms with Crippen LogP contribution in [0.1, 0.15) is 23.8 Å². The van der Waals surface area contributed by atoms with E-state index in [0.717, 1.165) is 17.8 Å². The summed E-state index contributed by atoms with van der Waals surface area (Å²) in [7, 11) is 0. The average Bonchev–Trinajstić information content (AvgIpc) is 3.19. The van der Waals surface area contributed by atoms with Crippen LogP contribution in [0.3, 0.4) is 0 Å². The Bertz CT molecular complexity index is 922. The van der Waals surface area contributed by atoms with Crippen LogP contribution in [0.15, 0.2) is 54.2 Å². The second-order valence-corrected chi connectivity index (χ2v) is 7.37. The molecule has 7 heteroatoms. The Morgan fingerprint density at radius 1 is 1.19 bits per heavy atom. The van der Waals surface area contributed by atoms with Crippen molar-refractivity contribution in [2.45, 2.75) is 18.8 Å². The summed E-state index contributed by atoms with van der Waals surface area (Å²) in [6, 6.07) is 10.2. The highest BCUT2D eigenvalue weighted by Crippen LogP contribution is 2.33. The highest BCUT2D eigenvalue weighted by Gasteiger charge is 2.26. The summed E-state index contributed by atoms with van der Waals surface area (Å²) in [5.74, 6) is 0.0502. The van der Waals surface area contributed by atoms with Gasteiger partial charge in [-0.2, -0.15) is 0 Å². The van der Waals surface area contributed by atoms with Gasteiger partial charge >= 0.3 is 6.03 Å². The van der Waals surface area contributed by atoms with E-state index in [1.54, 1.807) is 41.9 Å². The molecule has 0 spiro atoms. The number of likely N-dealkylation sites (tertiary alicyclic amines) is 1. The van der Waals surface area contributed by atoms with Crippen molar-refractivity contribution in [1.29, 1.82) is 0 Å². The van der Waals surface area contributed by atoms with E-state index in [1.165, 1.54) is 6.07 Å². The first-order valence-electron chi connectivity index (χ1n) is 8.87. The smallest absolute Gasteiger partial charge is 0.321 e. The molecule has 3 heterocycles. The molecule has 1 aliphatic rings. The number of nitrogens with zero attached hydrogens (tertiary/aromatic N) is 3. The number of rotatable bonds is 3. The number of hydrogen-bond acceptors (Lipinski definition) is 4. The number of hydrogen-bond donors (Lipinski definition) is 1. The molecule has 2 aromatic heterocycles. The van der Waals surface area contributed by atoms with Crippen LogP contribution < -0.4 is 5.32 Å². The Morgan fingerprint density at radius 3 is 2.74 bits per heavy atom. The van der Waals surface area contributed by atoms with Crippen molar-refractivity contribution in [2.24, 2.45) is 0 Å². The number of amides is 2. The molecule has 0 unspecified atom stereocenters. The number of anilines is 1. The van der Waals surface area contributed by atoms with Gasteiger partial charge in [-0.05, 0) is 37.1 Å². The summed E-state index contributed by atoms with van der Waals surface area (Å²) in [5, 5.41) is 5.79. The number of aromatic nitrogens is 2. The van der Waals surface area contributed by atoms with Crippen molar-refractivity contribution in [3.63, 3.8) is 0 Å². The monoisotopic (exact) mass is 382 g/mol. The third kappa shape index (κ3) is 3.98. The van der Waals surface area contributed by atoms with Crippen LogP contribution >= 0.6 is 11.3 Å². The highest BCUT2D eigenvalue weighted by molar-refractivity contribution is 7.10. The molecule has 5 nitrogen and oxygen atoms in total. The van der Waals surface area contributed by atoms with Crippen LogP contribution in [0, 0.1) is 5.82 Å². The van der Waals surface area contributed by atoms with Crippen LogP contribution in [-0.2, 0) is 0 Å². The van der Waals surface area contributed by atoms with E-state index >= 15 is 0 Å². The van der Waals surface area contributed by atoms with Gasteiger partial charge in [0.15, 0.2) is 0 Å². The van der Waals surface area contributed by atoms with E-state index in [1.807, 2.05) is 22.4 Å². The van der Waals surface area contributed by atoms with E-state index < -0.39 is 0 Å². The van der Waals surface area contributed by atoms with Crippen molar-refractivity contribution < 1.29 is 9.18 Å². The standard InChI is InChI=1S/C20H19FN4OS/c21-17-6-2-1-5-16(17)18-13-27-19(24-18)14-7-10-25(11-8-14)20(26)23-15-4-3-9-22-12-15/h1-6,9,12-14H,7-8,10-11H2,(H,23,26). The van der Waals surface area contributed by atoms with Gasteiger partial charge in [-0.1, -0.05) is 12.1 Å². The van der Waals surface area contributed by atoms with Gasteiger partial charge in [0.05, 0.1) is 22.6 Å². The Balaban J connectivity index is 1.37. The lowest BCUT2D eigenvalue weighted by Gasteiger charge is -2.31. The molecule has 27 heavy (non-hydrogen) atoms. The highest BCUT2D eigenvalue weighted by atomic mass is 32.1. The van der Waals surface area contributed by atoms with Crippen LogP contribution in [0.25, 0.3) is 11.3 Å². The number of nitrogens with one attached hydrogen (secondary N) is 1. The van der Waals surface area contributed by atoms with Gasteiger partial charge in [0.2, 0.25) is 0 Å². The fourth-order valence-corrected chi connectivity index (χ4v) is 4.23. The average molecular weight is 382 g/mol. The third-order valence-corrected chi connectivity index (χ3v) is 5.72. The SMILES string of the molecule is O=C(Nc1cccnc1)N1CCC(c2nc(-c3ccccc3F)cs2)CC1. The zero-order valence-electron chi connectivity index (χ0n) is 14.6. The van der Waals surface area contributed by atoms with E-state index in [2.05, 4.69) is 15.3 Å². The van der Waals surface area contributed by atoms with Gasteiger partial charge in [0.1, 0.15) is 5.82 Å². The van der Waals surface area contributed by atoms with E-state index in [4.69, 9.17) is 0 Å². The van der Waals surface area contributed by atoms with Crippen molar-refractivity contribution in [3.8, 4) is 11.3 Å². The fraction of sp³-hybridized carbons (Fsp3) is 0.250. The maximum atomic E-state index is 14.0. The number of urea groups is 1. The van der Waals surface area contributed by atoms with Crippen LogP contribution in [-0.4, -0.2) is 34.0 Å². The van der Waals surface area contributed by atoms with Gasteiger partial charge in [0, 0.05) is 36.1 Å². The van der Waals surface area contributed by atoms with Crippen molar-refractivity contribution in [1.82, 2.24) is 14.9 Å². The molecule has 1 aromatic carbocycles. The minimum Gasteiger partial charge on any atom is -0.324 e. The Morgan fingerprint density at radius 2 is 2.00 bits per heavy atom. The number of halogens is 1. The lowest BCUT2D eigenvalue weighted by Crippen LogP contribution is -2.40. The predicted molar refractivity (Wildman–Crippen MR) is 104 cm³/mol. The summed E-state index contributed by atoms with van der Waals surface area (Å²) in [5.41, 5.74) is 1.91. The number of carbonyl (C=O) groups is 1. The molecular formula is C20H19FN4OS. The van der Waals surface area contributed by atoms with Crippen LogP contribution in [0.2, 0.25) is 0 Å². The first-order valence-corrected chi connectivity index (χ1v) is 9.75. The van der Waals surface area contributed by atoms with Crippen molar-refractivity contribution >= 4 is 23.1 Å². The molecule has 138 valence electrons. The normalized spacial score (nSPS) is 14.9. The summed E-state index contributed by atoms with van der Waals surface area (Å²) in [6.45, 7) is 1.34. The maximum absolute atomic E-state index is 14.0. The van der Waals surface area contributed by atoms with Gasteiger partial charge in [-0.3, -0.25) is 4.98 Å². The van der Waals surface area contributed by atoms with E-state index in [0.29, 0.717) is 36.0 Å². The molecule has 3 aromatic rings. The van der Waals surface area contributed by atoms with Gasteiger partial charge in [0.25, 0.3) is 0 Å². The molecule has 2 amide bonds. The molecular weight excluding hydrogens is 363 g/mol.